The van der Waals surface area contributed by atoms with Crippen molar-refractivity contribution in [1.29, 1.82) is 0 Å². The fourth-order valence-electron chi connectivity index (χ4n) is 1.75. The van der Waals surface area contributed by atoms with Crippen LogP contribution in [0.25, 0.3) is 0 Å². The number of ether oxygens (including phenoxy) is 1. The number of rotatable bonds is 2. The van der Waals surface area contributed by atoms with Crippen LogP contribution in [0.2, 0.25) is 0 Å². The number of esters is 1. The predicted octanol–water partition coefficient (Wildman–Crippen LogP) is 0.103. The monoisotopic (exact) mass is 270 g/mol. The molecule has 0 amide bonds. The fraction of sp³-hybridized carbons (Fsp3) is 0.455. The van der Waals surface area contributed by atoms with Crippen LogP contribution in [0.3, 0.4) is 0 Å². The quantitative estimate of drug-likeness (QED) is 0.710. The van der Waals surface area contributed by atoms with Gasteiger partial charge in [-0.2, -0.15) is 0 Å². The Kier molecular flexibility index (Phi) is 3.51. The van der Waals surface area contributed by atoms with Crippen LogP contribution in [0, 0.1) is 0 Å². The molecule has 1 fully saturated rings. The average molecular weight is 270 g/mol. The molecule has 1 aromatic heterocycles. The van der Waals surface area contributed by atoms with Crippen LogP contribution in [0.15, 0.2) is 18.3 Å². The lowest BCUT2D eigenvalue weighted by Gasteiger charge is -2.27. The minimum atomic E-state index is -2.89. The van der Waals surface area contributed by atoms with Gasteiger partial charge in [0.25, 0.3) is 0 Å². The van der Waals surface area contributed by atoms with Crippen LogP contribution in [0.5, 0.6) is 0 Å². The molecule has 0 bridgehead atoms. The first-order valence-corrected chi connectivity index (χ1v) is 7.34. The Morgan fingerprint density at radius 1 is 1.33 bits per heavy atom. The number of nitrogens with zero attached hydrogens (tertiary/aromatic N) is 2. The molecule has 18 heavy (non-hydrogen) atoms. The highest BCUT2D eigenvalue weighted by Crippen LogP contribution is 2.15. The van der Waals surface area contributed by atoms with Crippen molar-refractivity contribution in [3.05, 3.63) is 23.9 Å². The van der Waals surface area contributed by atoms with Crippen molar-refractivity contribution in [2.24, 2.45) is 0 Å². The van der Waals surface area contributed by atoms with Crippen LogP contribution in [0.1, 0.15) is 10.4 Å². The summed E-state index contributed by atoms with van der Waals surface area (Å²) in [5.74, 6) is 0.536. The summed E-state index contributed by atoms with van der Waals surface area (Å²) in [6.07, 6.45) is 1.43. The van der Waals surface area contributed by atoms with Gasteiger partial charge in [-0.25, -0.2) is 18.2 Å². The van der Waals surface area contributed by atoms with Crippen molar-refractivity contribution in [3.8, 4) is 0 Å². The summed E-state index contributed by atoms with van der Waals surface area (Å²) in [6, 6.07) is 3.32. The Balaban J connectivity index is 2.09. The summed E-state index contributed by atoms with van der Waals surface area (Å²) in [4.78, 5) is 17.3. The molecule has 2 rings (SSSR count). The summed E-state index contributed by atoms with van der Waals surface area (Å²) in [5, 5.41) is 0. The standard InChI is InChI=1S/C11H14N2O4S/c1-17-11(14)9-2-3-10(12-8-9)13-4-6-18(15,16)7-5-13/h2-3,8H,4-7H2,1H3. The van der Waals surface area contributed by atoms with E-state index in [-0.39, 0.29) is 11.5 Å². The maximum atomic E-state index is 11.3. The number of pyridine rings is 1. The van der Waals surface area contributed by atoms with Gasteiger partial charge in [-0.3, -0.25) is 0 Å². The molecular formula is C11H14N2O4S. The third kappa shape index (κ3) is 2.79. The summed E-state index contributed by atoms with van der Waals surface area (Å²) < 4.78 is 27.2. The second kappa shape index (κ2) is 4.93. The van der Waals surface area contributed by atoms with Crippen LogP contribution in [0.4, 0.5) is 5.82 Å². The van der Waals surface area contributed by atoms with Gasteiger partial charge in [0.2, 0.25) is 0 Å². The first kappa shape index (κ1) is 12.8. The summed E-state index contributed by atoms with van der Waals surface area (Å²) >= 11 is 0. The SMILES string of the molecule is COC(=O)c1ccc(N2CCS(=O)(=O)CC2)nc1. The highest BCUT2D eigenvalue weighted by Gasteiger charge is 2.22. The molecule has 7 heteroatoms. The lowest BCUT2D eigenvalue weighted by molar-refractivity contribution is 0.0600. The van der Waals surface area contributed by atoms with Crippen molar-refractivity contribution in [2.45, 2.75) is 0 Å². The summed E-state index contributed by atoms with van der Waals surface area (Å²) in [5.41, 5.74) is 0.380. The molecule has 0 saturated carbocycles. The molecule has 6 nitrogen and oxygen atoms in total. The Hall–Kier alpha value is -1.63. The van der Waals surface area contributed by atoms with E-state index in [2.05, 4.69) is 9.72 Å². The topological polar surface area (TPSA) is 76.6 Å². The zero-order valence-electron chi connectivity index (χ0n) is 10.00. The molecule has 1 aromatic rings. The maximum absolute atomic E-state index is 11.3. The Morgan fingerprint density at radius 2 is 2.00 bits per heavy atom. The number of carbonyl (C=O) groups is 1. The number of anilines is 1. The van der Waals surface area contributed by atoms with Gasteiger partial charge in [0.1, 0.15) is 5.82 Å². The molecule has 1 saturated heterocycles. The Bertz CT molecular complexity index is 525. The minimum Gasteiger partial charge on any atom is -0.465 e. The zero-order valence-corrected chi connectivity index (χ0v) is 10.8. The predicted molar refractivity (Wildman–Crippen MR) is 66.4 cm³/mol. The molecule has 0 unspecified atom stereocenters. The number of hydrogen-bond acceptors (Lipinski definition) is 6. The molecule has 98 valence electrons. The van der Waals surface area contributed by atoms with Crippen LogP contribution < -0.4 is 4.90 Å². The smallest absolute Gasteiger partial charge is 0.339 e. The van der Waals surface area contributed by atoms with Crippen molar-refractivity contribution in [1.82, 2.24) is 4.98 Å². The number of aromatic nitrogens is 1. The maximum Gasteiger partial charge on any atom is 0.339 e. The van der Waals surface area contributed by atoms with Crippen molar-refractivity contribution < 1.29 is 17.9 Å². The second-order valence-corrected chi connectivity index (χ2v) is 6.34. The normalized spacial score (nSPS) is 18.4. The molecule has 0 aromatic carbocycles. The van der Waals surface area contributed by atoms with E-state index in [1.54, 1.807) is 12.1 Å². The van der Waals surface area contributed by atoms with Crippen LogP contribution in [-0.4, -0.2) is 51.1 Å². The number of carbonyl (C=O) groups excluding carboxylic acids is 1. The summed E-state index contributed by atoms with van der Waals surface area (Å²) in [6.45, 7) is 0.875. The second-order valence-electron chi connectivity index (χ2n) is 4.04. The van der Waals surface area contributed by atoms with Crippen LogP contribution in [-0.2, 0) is 14.6 Å². The number of hydrogen-bond donors (Lipinski definition) is 0. The van der Waals surface area contributed by atoms with Crippen molar-refractivity contribution in [3.63, 3.8) is 0 Å². The van der Waals surface area contributed by atoms with Gasteiger partial charge in [0.05, 0.1) is 24.2 Å². The number of sulfone groups is 1. The highest BCUT2D eigenvalue weighted by molar-refractivity contribution is 7.91. The highest BCUT2D eigenvalue weighted by atomic mass is 32.2. The molecule has 2 heterocycles. The molecular weight excluding hydrogens is 256 g/mol. The van der Waals surface area contributed by atoms with E-state index in [1.807, 2.05) is 4.90 Å². The minimum absolute atomic E-state index is 0.146. The molecule has 0 N–H and O–H groups in total. The first-order chi connectivity index (χ1) is 8.52. The van der Waals surface area contributed by atoms with Crippen molar-refractivity contribution >= 4 is 21.6 Å². The van der Waals surface area contributed by atoms with E-state index in [9.17, 15) is 13.2 Å². The Morgan fingerprint density at radius 3 is 2.50 bits per heavy atom. The van der Waals surface area contributed by atoms with Gasteiger partial charge < -0.3 is 9.64 Å². The van der Waals surface area contributed by atoms with E-state index in [0.29, 0.717) is 24.5 Å². The third-order valence-electron chi connectivity index (χ3n) is 2.84. The van der Waals surface area contributed by atoms with Gasteiger partial charge in [-0.05, 0) is 12.1 Å². The fourth-order valence-corrected chi connectivity index (χ4v) is 2.95. The van der Waals surface area contributed by atoms with E-state index in [0.717, 1.165) is 0 Å². The van der Waals surface area contributed by atoms with Gasteiger partial charge >= 0.3 is 5.97 Å². The van der Waals surface area contributed by atoms with E-state index < -0.39 is 15.8 Å². The zero-order chi connectivity index (χ0) is 13.2. The lowest BCUT2D eigenvalue weighted by Crippen LogP contribution is -2.40. The average Bonchev–Trinajstić information content (AvgIpc) is 2.38. The number of methoxy groups -OCH3 is 1. The van der Waals surface area contributed by atoms with Gasteiger partial charge in [-0.1, -0.05) is 0 Å². The molecule has 1 aliphatic rings. The Labute approximate surface area is 105 Å². The van der Waals surface area contributed by atoms with Crippen molar-refractivity contribution in [2.75, 3.05) is 36.6 Å². The third-order valence-corrected chi connectivity index (χ3v) is 4.45. The molecule has 0 radical (unpaired) electrons. The lowest BCUT2D eigenvalue weighted by atomic mass is 10.3. The molecule has 0 spiro atoms. The molecule has 0 atom stereocenters. The van der Waals surface area contributed by atoms with Gasteiger partial charge in [-0.15, -0.1) is 0 Å². The van der Waals surface area contributed by atoms with Gasteiger partial charge in [0.15, 0.2) is 9.84 Å². The largest absolute Gasteiger partial charge is 0.465 e. The van der Waals surface area contributed by atoms with Gasteiger partial charge in [0, 0.05) is 19.3 Å². The van der Waals surface area contributed by atoms with E-state index >= 15 is 0 Å². The van der Waals surface area contributed by atoms with E-state index in [4.69, 9.17) is 0 Å². The summed E-state index contributed by atoms with van der Waals surface area (Å²) in [7, 11) is -1.58. The van der Waals surface area contributed by atoms with E-state index in [1.165, 1.54) is 13.3 Å². The molecule has 0 aliphatic carbocycles. The molecule has 1 aliphatic heterocycles. The van der Waals surface area contributed by atoms with Crippen LogP contribution >= 0.6 is 0 Å². The first-order valence-electron chi connectivity index (χ1n) is 5.51.